The molecule has 1 N–H and O–H groups in total. The lowest BCUT2D eigenvalue weighted by atomic mass is 10.1. The van der Waals surface area contributed by atoms with E-state index in [1.165, 1.54) is 0 Å². The minimum atomic E-state index is -0.179. The molecule has 6 nitrogen and oxygen atoms in total. The normalized spacial score (nSPS) is 17.5. The Labute approximate surface area is 152 Å². The first-order chi connectivity index (χ1) is 12.7. The van der Waals surface area contributed by atoms with Gasteiger partial charge in [0.1, 0.15) is 6.54 Å². The van der Waals surface area contributed by atoms with Gasteiger partial charge < -0.3 is 10.1 Å². The highest BCUT2D eigenvalue weighted by Gasteiger charge is 2.27. The predicted octanol–water partition coefficient (Wildman–Crippen LogP) is 2.12. The number of hydrogen-bond acceptors (Lipinski definition) is 4. The summed E-state index contributed by atoms with van der Waals surface area (Å²) in [7, 11) is 0. The molecule has 1 fully saturated rings. The molecule has 0 saturated carbocycles. The van der Waals surface area contributed by atoms with Gasteiger partial charge in [-0.1, -0.05) is 24.3 Å². The molecule has 0 unspecified atom stereocenters. The van der Waals surface area contributed by atoms with Crippen LogP contribution in [0.5, 0.6) is 0 Å². The Hall–Kier alpha value is -2.70. The number of nitrogens with zero attached hydrogens (tertiary/aromatic N) is 2. The van der Waals surface area contributed by atoms with E-state index in [0.717, 1.165) is 44.1 Å². The van der Waals surface area contributed by atoms with Crippen molar-refractivity contribution in [2.45, 2.75) is 6.54 Å². The third kappa shape index (κ3) is 3.47. The van der Waals surface area contributed by atoms with Crippen LogP contribution in [0.3, 0.4) is 0 Å². The van der Waals surface area contributed by atoms with Crippen LogP contribution in [0.15, 0.2) is 48.5 Å². The van der Waals surface area contributed by atoms with Crippen LogP contribution in [-0.4, -0.2) is 49.6 Å². The van der Waals surface area contributed by atoms with Crippen molar-refractivity contribution in [3.05, 3.63) is 59.7 Å². The maximum Gasteiger partial charge on any atom is 0.258 e. The molecule has 0 spiro atoms. The van der Waals surface area contributed by atoms with Gasteiger partial charge in [0, 0.05) is 25.2 Å². The lowest BCUT2D eigenvalue weighted by Crippen LogP contribution is -2.42. The topological polar surface area (TPSA) is 61.9 Å². The van der Waals surface area contributed by atoms with Gasteiger partial charge >= 0.3 is 0 Å². The van der Waals surface area contributed by atoms with Gasteiger partial charge in [-0.15, -0.1) is 0 Å². The maximum atomic E-state index is 13.1. The number of anilines is 2. The zero-order chi connectivity index (χ0) is 17.9. The van der Waals surface area contributed by atoms with E-state index in [1.807, 2.05) is 42.5 Å². The molecule has 2 aromatic carbocycles. The van der Waals surface area contributed by atoms with Crippen molar-refractivity contribution in [3.63, 3.8) is 0 Å². The van der Waals surface area contributed by atoms with E-state index >= 15 is 0 Å². The third-order valence-corrected chi connectivity index (χ3v) is 4.70. The van der Waals surface area contributed by atoms with Crippen LogP contribution in [0.2, 0.25) is 0 Å². The van der Waals surface area contributed by atoms with Crippen LogP contribution in [0.1, 0.15) is 15.9 Å². The lowest BCUT2D eigenvalue weighted by Gasteiger charge is -2.29. The molecule has 1 saturated heterocycles. The van der Waals surface area contributed by atoms with Crippen molar-refractivity contribution in [2.75, 3.05) is 43.1 Å². The molecule has 0 radical (unpaired) electrons. The summed E-state index contributed by atoms with van der Waals surface area (Å²) < 4.78 is 5.38. The zero-order valence-corrected chi connectivity index (χ0v) is 14.5. The standard InChI is InChI=1S/C20H21N3O3/c24-19-14-23(18-7-2-1-6-17(18)21-19)20(25)16-5-3-4-15(12-16)13-22-8-10-26-11-9-22/h1-7,12H,8-11,13-14H2,(H,21,24). The smallest absolute Gasteiger partial charge is 0.258 e. The van der Waals surface area contributed by atoms with E-state index < -0.39 is 0 Å². The Morgan fingerprint density at radius 2 is 1.88 bits per heavy atom. The second-order valence-electron chi connectivity index (χ2n) is 6.55. The van der Waals surface area contributed by atoms with Gasteiger partial charge in [0.15, 0.2) is 0 Å². The van der Waals surface area contributed by atoms with Gasteiger partial charge in [-0.05, 0) is 29.8 Å². The lowest BCUT2D eigenvalue weighted by molar-refractivity contribution is -0.115. The molecule has 2 aliphatic heterocycles. The van der Waals surface area contributed by atoms with Crippen molar-refractivity contribution in [1.82, 2.24) is 4.90 Å². The van der Waals surface area contributed by atoms with Crippen molar-refractivity contribution >= 4 is 23.2 Å². The van der Waals surface area contributed by atoms with Gasteiger partial charge in [-0.2, -0.15) is 0 Å². The van der Waals surface area contributed by atoms with E-state index in [9.17, 15) is 9.59 Å². The number of hydrogen-bond donors (Lipinski definition) is 1. The highest BCUT2D eigenvalue weighted by Crippen LogP contribution is 2.30. The Morgan fingerprint density at radius 3 is 2.73 bits per heavy atom. The molecule has 2 heterocycles. The highest BCUT2D eigenvalue weighted by molar-refractivity contribution is 6.15. The average Bonchev–Trinajstić information content (AvgIpc) is 2.68. The fourth-order valence-corrected chi connectivity index (χ4v) is 3.39. The number of carbonyl (C=O) groups is 2. The summed E-state index contributed by atoms with van der Waals surface area (Å²) in [5.74, 6) is -0.336. The summed E-state index contributed by atoms with van der Waals surface area (Å²) in [6.45, 7) is 4.12. The highest BCUT2D eigenvalue weighted by atomic mass is 16.5. The number of fused-ring (bicyclic) bond motifs is 1. The summed E-state index contributed by atoms with van der Waals surface area (Å²) in [5.41, 5.74) is 3.09. The summed E-state index contributed by atoms with van der Waals surface area (Å²) in [4.78, 5) is 28.9. The number of morpholine rings is 1. The molecule has 2 aromatic rings. The summed E-state index contributed by atoms with van der Waals surface area (Å²) in [6, 6.07) is 15.0. The minimum absolute atomic E-state index is 0.0313. The SMILES string of the molecule is O=C1CN(C(=O)c2cccc(CN3CCOCC3)c2)c2ccccc2N1. The molecule has 0 bridgehead atoms. The van der Waals surface area contributed by atoms with Gasteiger partial charge in [-0.25, -0.2) is 0 Å². The van der Waals surface area contributed by atoms with Crippen molar-refractivity contribution in [1.29, 1.82) is 0 Å². The summed E-state index contributed by atoms with van der Waals surface area (Å²) in [6.07, 6.45) is 0. The van der Waals surface area contributed by atoms with Crippen molar-refractivity contribution in [3.8, 4) is 0 Å². The Kier molecular flexibility index (Phi) is 4.69. The second kappa shape index (κ2) is 7.27. The molecule has 0 aliphatic carbocycles. The van der Waals surface area contributed by atoms with Crippen LogP contribution >= 0.6 is 0 Å². The van der Waals surface area contributed by atoms with E-state index in [1.54, 1.807) is 11.0 Å². The number of ether oxygens (including phenoxy) is 1. The molecule has 2 aliphatic rings. The van der Waals surface area contributed by atoms with Crippen LogP contribution < -0.4 is 10.2 Å². The molecular weight excluding hydrogens is 330 g/mol. The first kappa shape index (κ1) is 16.8. The number of amides is 2. The van der Waals surface area contributed by atoms with E-state index in [4.69, 9.17) is 4.74 Å². The first-order valence-corrected chi connectivity index (χ1v) is 8.80. The van der Waals surface area contributed by atoms with Crippen LogP contribution in [0.25, 0.3) is 0 Å². The second-order valence-corrected chi connectivity index (χ2v) is 6.55. The van der Waals surface area contributed by atoms with Gasteiger partial charge in [0.25, 0.3) is 5.91 Å². The fourth-order valence-electron chi connectivity index (χ4n) is 3.39. The summed E-state index contributed by atoms with van der Waals surface area (Å²) in [5, 5.41) is 2.81. The largest absolute Gasteiger partial charge is 0.379 e. The number of rotatable bonds is 3. The number of benzene rings is 2. The van der Waals surface area contributed by atoms with E-state index in [2.05, 4.69) is 10.2 Å². The monoisotopic (exact) mass is 351 g/mol. The molecule has 26 heavy (non-hydrogen) atoms. The quantitative estimate of drug-likeness (QED) is 0.920. The Bertz CT molecular complexity index is 831. The Morgan fingerprint density at radius 1 is 1.08 bits per heavy atom. The van der Waals surface area contributed by atoms with Crippen LogP contribution in [0.4, 0.5) is 11.4 Å². The molecule has 6 heteroatoms. The van der Waals surface area contributed by atoms with Crippen LogP contribution in [0, 0.1) is 0 Å². The van der Waals surface area contributed by atoms with Crippen molar-refractivity contribution in [2.24, 2.45) is 0 Å². The molecule has 2 amide bonds. The van der Waals surface area contributed by atoms with E-state index in [-0.39, 0.29) is 18.4 Å². The molecule has 134 valence electrons. The van der Waals surface area contributed by atoms with Gasteiger partial charge in [-0.3, -0.25) is 19.4 Å². The van der Waals surface area contributed by atoms with E-state index in [0.29, 0.717) is 11.3 Å². The van der Waals surface area contributed by atoms with Crippen molar-refractivity contribution < 1.29 is 14.3 Å². The first-order valence-electron chi connectivity index (χ1n) is 8.80. The molecule has 0 aromatic heterocycles. The maximum absolute atomic E-state index is 13.1. The third-order valence-electron chi connectivity index (χ3n) is 4.70. The number of para-hydroxylation sites is 2. The predicted molar refractivity (Wildman–Crippen MR) is 99.3 cm³/mol. The molecule has 4 rings (SSSR count). The fraction of sp³-hybridized carbons (Fsp3) is 0.300. The number of carbonyl (C=O) groups excluding carboxylic acids is 2. The summed E-state index contributed by atoms with van der Waals surface area (Å²) >= 11 is 0. The van der Waals surface area contributed by atoms with Gasteiger partial charge in [0.05, 0.1) is 24.6 Å². The zero-order valence-electron chi connectivity index (χ0n) is 14.5. The minimum Gasteiger partial charge on any atom is -0.379 e. The number of nitrogens with one attached hydrogen (secondary N) is 1. The molecular formula is C20H21N3O3. The van der Waals surface area contributed by atoms with Crippen LogP contribution in [-0.2, 0) is 16.1 Å². The molecule has 0 atom stereocenters. The average molecular weight is 351 g/mol. The Balaban J connectivity index is 1.57. The van der Waals surface area contributed by atoms with Gasteiger partial charge in [0.2, 0.25) is 5.91 Å².